The molecule has 1 amide bonds. The Balaban J connectivity index is 2.08. The molecule has 0 saturated heterocycles. The van der Waals surface area contributed by atoms with Gasteiger partial charge in [0.25, 0.3) is 0 Å². The average molecular weight is 329 g/mol. The van der Waals surface area contributed by atoms with Gasteiger partial charge in [-0.25, -0.2) is 0 Å². The number of fused-ring (bicyclic) bond motifs is 1. The third kappa shape index (κ3) is 2.16. The molecular formula is C22H19NO2. The van der Waals surface area contributed by atoms with E-state index in [1.807, 2.05) is 68.4 Å². The molecule has 1 aliphatic heterocycles. The van der Waals surface area contributed by atoms with E-state index >= 15 is 0 Å². The molecule has 0 saturated carbocycles. The average Bonchev–Trinajstić information content (AvgIpc) is 2.91. The number of phenols is 1. The molecule has 0 bridgehead atoms. The molecule has 3 aromatic rings. The van der Waals surface area contributed by atoms with Gasteiger partial charge in [-0.3, -0.25) is 4.79 Å². The molecule has 25 heavy (non-hydrogen) atoms. The van der Waals surface area contributed by atoms with Crippen LogP contribution in [0.2, 0.25) is 0 Å². The Morgan fingerprint density at radius 1 is 0.840 bits per heavy atom. The molecule has 3 heteroatoms. The van der Waals surface area contributed by atoms with Gasteiger partial charge in [-0.15, -0.1) is 0 Å². The van der Waals surface area contributed by atoms with Crippen LogP contribution in [-0.2, 0) is 10.2 Å². The second kappa shape index (κ2) is 5.49. The highest BCUT2D eigenvalue weighted by molar-refractivity contribution is 6.12. The molecule has 0 spiro atoms. The van der Waals surface area contributed by atoms with E-state index in [0.717, 1.165) is 33.5 Å². The lowest BCUT2D eigenvalue weighted by molar-refractivity contribution is -0.118. The number of carbonyl (C=O) groups is 1. The smallest absolute Gasteiger partial charge is 0.244 e. The number of aryl methyl sites for hydroxylation is 2. The fourth-order valence-corrected chi connectivity index (χ4v) is 3.73. The van der Waals surface area contributed by atoms with Gasteiger partial charge in [0.15, 0.2) is 0 Å². The van der Waals surface area contributed by atoms with Crippen LogP contribution in [0.5, 0.6) is 5.75 Å². The number of phenolic OH excluding ortho intramolecular Hbond substituents is 1. The SMILES string of the molecule is Cc1ccc([C@@]2(c3ccc(O)cc3)C(=O)Nc3c(C)cccc32)cc1. The zero-order chi connectivity index (χ0) is 17.6. The summed E-state index contributed by atoms with van der Waals surface area (Å²) in [6.07, 6.45) is 0. The lowest BCUT2D eigenvalue weighted by Crippen LogP contribution is -2.36. The molecule has 0 unspecified atom stereocenters. The summed E-state index contributed by atoms with van der Waals surface area (Å²) in [6, 6.07) is 21.0. The van der Waals surface area contributed by atoms with Crippen LogP contribution in [-0.4, -0.2) is 11.0 Å². The van der Waals surface area contributed by atoms with Crippen molar-refractivity contribution in [2.75, 3.05) is 5.32 Å². The predicted molar refractivity (Wildman–Crippen MR) is 99.0 cm³/mol. The second-order valence-corrected chi connectivity index (χ2v) is 6.61. The van der Waals surface area contributed by atoms with Gasteiger partial charge in [0, 0.05) is 11.3 Å². The Labute approximate surface area is 147 Å². The summed E-state index contributed by atoms with van der Waals surface area (Å²) in [5.41, 5.74) is 4.86. The second-order valence-electron chi connectivity index (χ2n) is 6.61. The van der Waals surface area contributed by atoms with Gasteiger partial charge in [0.05, 0.1) is 0 Å². The molecule has 1 heterocycles. The lowest BCUT2D eigenvalue weighted by atomic mass is 9.70. The highest BCUT2D eigenvalue weighted by atomic mass is 16.3. The van der Waals surface area contributed by atoms with Crippen LogP contribution in [0.4, 0.5) is 5.69 Å². The predicted octanol–water partition coefficient (Wildman–Crippen LogP) is 4.30. The Morgan fingerprint density at radius 2 is 1.44 bits per heavy atom. The Bertz CT molecular complexity index is 911. The van der Waals surface area contributed by atoms with E-state index in [9.17, 15) is 9.90 Å². The zero-order valence-electron chi connectivity index (χ0n) is 14.2. The Hall–Kier alpha value is -3.07. The minimum atomic E-state index is -0.914. The molecule has 0 aromatic heterocycles. The maximum Gasteiger partial charge on any atom is 0.244 e. The van der Waals surface area contributed by atoms with Gasteiger partial charge >= 0.3 is 0 Å². The van der Waals surface area contributed by atoms with E-state index in [2.05, 4.69) is 5.32 Å². The van der Waals surface area contributed by atoms with Crippen molar-refractivity contribution in [3.05, 3.63) is 94.5 Å². The standard InChI is InChI=1S/C22H19NO2/c1-14-6-8-16(9-7-14)22(17-10-12-18(24)13-11-17)19-5-3-4-15(2)20(19)23-21(22)25/h3-13,24H,1-2H3,(H,23,25)/t22-/m0/s1. The van der Waals surface area contributed by atoms with Gasteiger partial charge in [-0.05, 0) is 42.7 Å². The number of rotatable bonds is 2. The number of carbonyl (C=O) groups excluding carboxylic acids is 1. The largest absolute Gasteiger partial charge is 0.508 e. The van der Waals surface area contributed by atoms with Crippen LogP contribution in [0.3, 0.4) is 0 Å². The van der Waals surface area contributed by atoms with Gasteiger partial charge in [-0.2, -0.15) is 0 Å². The van der Waals surface area contributed by atoms with Gasteiger partial charge in [-0.1, -0.05) is 60.2 Å². The number of nitrogens with one attached hydrogen (secondary N) is 1. The fourth-order valence-electron chi connectivity index (χ4n) is 3.73. The Morgan fingerprint density at radius 3 is 2.08 bits per heavy atom. The lowest BCUT2D eigenvalue weighted by Gasteiger charge is -2.29. The van der Waals surface area contributed by atoms with E-state index in [1.165, 1.54) is 0 Å². The topological polar surface area (TPSA) is 49.3 Å². The molecule has 124 valence electrons. The summed E-state index contributed by atoms with van der Waals surface area (Å²) in [5, 5.41) is 12.8. The number of para-hydroxylation sites is 1. The molecule has 1 atom stereocenters. The van der Waals surface area contributed by atoms with E-state index in [-0.39, 0.29) is 11.7 Å². The van der Waals surface area contributed by atoms with Gasteiger partial charge in [0.2, 0.25) is 5.91 Å². The first-order chi connectivity index (χ1) is 12.0. The summed E-state index contributed by atoms with van der Waals surface area (Å²) < 4.78 is 0. The summed E-state index contributed by atoms with van der Waals surface area (Å²) >= 11 is 0. The molecule has 0 radical (unpaired) electrons. The van der Waals surface area contributed by atoms with Crippen molar-refractivity contribution in [3.8, 4) is 5.75 Å². The van der Waals surface area contributed by atoms with Crippen molar-refractivity contribution >= 4 is 11.6 Å². The van der Waals surface area contributed by atoms with Gasteiger partial charge in [0.1, 0.15) is 11.2 Å². The number of hydrogen-bond donors (Lipinski definition) is 2. The van der Waals surface area contributed by atoms with Crippen LogP contribution >= 0.6 is 0 Å². The molecular weight excluding hydrogens is 310 g/mol. The van der Waals surface area contributed by atoms with Crippen molar-refractivity contribution in [1.82, 2.24) is 0 Å². The van der Waals surface area contributed by atoms with E-state index < -0.39 is 5.41 Å². The molecule has 3 aromatic carbocycles. The van der Waals surface area contributed by atoms with Crippen molar-refractivity contribution in [3.63, 3.8) is 0 Å². The van der Waals surface area contributed by atoms with Crippen LogP contribution < -0.4 is 5.32 Å². The van der Waals surface area contributed by atoms with Crippen molar-refractivity contribution < 1.29 is 9.90 Å². The maximum absolute atomic E-state index is 13.3. The van der Waals surface area contributed by atoms with Crippen LogP contribution in [0.15, 0.2) is 66.7 Å². The van der Waals surface area contributed by atoms with Crippen molar-refractivity contribution in [2.45, 2.75) is 19.3 Å². The number of aromatic hydroxyl groups is 1. The molecule has 0 fully saturated rings. The number of amides is 1. The summed E-state index contributed by atoms with van der Waals surface area (Å²) in [4.78, 5) is 13.3. The molecule has 4 rings (SSSR count). The van der Waals surface area contributed by atoms with Crippen LogP contribution in [0, 0.1) is 13.8 Å². The maximum atomic E-state index is 13.3. The first-order valence-corrected chi connectivity index (χ1v) is 8.31. The highest BCUT2D eigenvalue weighted by Gasteiger charge is 2.50. The highest BCUT2D eigenvalue weighted by Crippen LogP contribution is 2.48. The molecule has 2 N–H and O–H groups in total. The number of benzene rings is 3. The van der Waals surface area contributed by atoms with Crippen LogP contribution in [0.1, 0.15) is 27.8 Å². The molecule has 3 nitrogen and oxygen atoms in total. The quantitative estimate of drug-likeness (QED) is 0.736. The van der Waals surface area contributed by atoms with E-state index in [0.29, 0.717) is 0 Å². The molecule has 1 aliphatic rings. The zero-order valence-corrected chi connectivity index (χ0v) is 14.2. The Kier molecular flexibility index (Phi) is 3.39. The van der Waals surface area contributed by atoms with Crippen molar-refractivity contribution in [2.24, 2.45) is 0 Å². The summed E-state index contributed by atoms with van der Waals surface area (Å²) in [7, 11) is 0. The molecule has 0 aliphatic carbocycles. The van der Waals surface area contributed by atoms with E-state index in [4.69, 9.17) is 0 Å². The fraction of sp³-hybridized carbons (Fsp3) is 0.136. The van der Waals surface area contributed by atoms with Crippen LogP contribution in [0.25, 0.3) is 0 Å². The minimum Gasteiger partial charge on any atom is -0.508 e. The number of hydrogen-bond acceptors (Lipinski definition) is 2. The summed E-state index contributed by atoms with van der Waals surface area (Å²) in [5.74, 6) is 0.122. The third-order valence-electron chi connectivity index (χ3n) is 5.04. The summed E-state index contributed by atoms with van der Waals surface area (Å²) in [6.45, 7) is 4.03. The minimum absolute atomic E-state index is 0.0636. The number of anilines is 1. The van der Waals surface area contributed by atoms with Crippen molar-refractivity contribution in [1.29, 1.82) is 0 Å². The van der Waals surface area contributed by atoms with E-state index in [1.54, 1.807) is 12.1 Å². The first-order valence-electron chi connectivity index (χ1n) is 8.31. The van der Waals surface area contributed by atoms with Gasteiger partial charge < -0.3 is 10.4 Å². The third-order valence-corrected chi connectivity index (χ3v) is 5.04. The normalized spacial score (nSPS) is 18.7. The first kappa shape index (κ1) is 15.5. The monoisotopic (exact) mass is 329 g/mol.